The van der Waals surface area contributed by atoms with Gasteiger partial charge in [-0.3, -0.25) is 4.79 Å². The van der Waals surface area contributed by atoms with E-state index in [1.165, 1.54) is 0 Å². The van der Waals surface area contributed by atoms with Crippen molar-refractivity contribution in [1.82, 2.24) is 0 Å². The van der Waals surface area contributed by atoms with Crippen molar-refractivity contribution in [1.29, 1.82) is 0 Å². The molecule has 0 aromatic heterocycles. The molecule has 0 fully saturated rings. The summed E-state index contributed by atoms with van der Waals surface area (Å²) in [5, 5.41) is 0. The summed E-state index contributed by atoms with van der Waals surface area (Å²) in [4.78, 5) is 12.6. The van der Waals surface area contributed by atoms with Gasteiger partial charge in [-0.1, -0.05) is 59.8 Å². The summed E-state index contributed by atoms with van der Waals surface area (Å²) in [6.45, 7) is 19.9. The zero-order valence-corrected chi connectivity index (χ0v) is 22.4. The number of carbonyl (C=O) groups excluding carboxylic acids is 1. The fourth-order valence-corrected chi connectivity index (χ4v) is 10.3. The predicted octanol–water partition coefficient (Wildman–Crippen LogP) is 6.53. The molecule has 2 atom stereocenters. The van der Waals surface area contributed by atoms with Crippen LogP contribution in [0.1, 0.15) is 60.5 Å². The Bertz CT molecular complexity index is 662. The van der Waals surface area contributed by atoms with Crippen LogP contribution in [-0.2, 0) is 25.3 Å². The van der Waals surface area contributed by atoms with Gasteiger partial charge in [0.05, 0.1) is 32.3 Å². The summed E-state index contributed by atoms with van der Waals surface area (Å²) in [6.07, 6.45) is 2.24. The van der Waals surface area contributed by atoms with E-state index in [2.05, 4.69) is 48.1 Å². The molecule has 0 amide bonds. The minimum Gasteiger partial charge on any atom is -0.497 e. The third-order valence-electron chi connectivity index (χ3n) is 6.32. The monoisotopic (exact) mass is 464 g/mol. The molecule has 6 heteroatoms. The van der Waals surface area contributed by atoms with Gasteiger partial charge in [-0.2, -0.15) is 0 Å². The molecular weight excluding hydrogens is 420 g/mol. The number of ketones is 1. The second-order valence-corrected chi connectivity index (χ2v) is 14.8. The van der Waals surface area contributed by atoms with Gasteiger partial charge in [0.1, 0.15) is 18.3 Å². The zero-order valence-electron chi connectivity index (χ0n) is 21.4. The molecule has 5 nitrogen and oxygen atoms in total. The minimum absolute atomic E-state index is 0.0752. The van der Waals surface area contributed by atoms with Crippen molar-refractivity contribution in [2.45, 2.75) is 84.2 Å². The lowest BCUT2D eigenvalue weighted by molar-refractivity contribution is -0.131. The molecule has 0 radical (unpaired) electrons. The topological polar surface area (TPSA) is 54.0 Å². The number of benzene rings is 1. The number of hydrogen-bond acceptors (Lipinski definition) is 5. The van der Waals surface area contributed by atoms with Gasteiger partial charge in [0, 0.05) is 0 Å². The Morgan fingerprint density at radius 1 is 1.00 bits per heavy atom. The number of ether oxygens (including phenoxy) is 3. The third kappa shape index (κ3) is 7.83. The van der Waals surface area contributed by atoms with Crippen LogP contribution in [0.4, 0.5) is 0 Å². The molecular formula is C26H44O5Si. The number of hydrogen-bond donors (Lipinski definition) is 0. The Labute approximate surface area is 196 Å². The lowest BCUT2D eigenvalue weighted by Crippen LogP contribution is -2.52. The van der Waals surface area contributed by atoms with Gasteiger partial charge in [0.2, 0.25) is 8.32 Å². The first-order valence-corrected chi connectivity index (χ1v) is 13.8. The summed E-state index contributed by atoms with van der Waals surface area (Å²) < 4.78 is 23.5. The number of methoxy groups -OCH3 is 1. The van der Waals surface area contributed by atoms with Crippen molar-refractivity contribution >= 4 is 14.1 Å². The standard InChI is InChI=1S/C26H44O5Si/c1-10-11-26(31-32(19(2)3,20(4)5)21(6)7)25(22(8)27)17-30-18-29-16-23-12-14-24(28-9)15-13-23/h10,12-15,19-21,25-26H,1,11,16-18H2,2-9H3/t25-,26+/m0/s1. The maximum atomic E-state index is 12.6. The lowest BCUT2D eigenvalue weighted by atomic mass is 9.97. The van der Waals surface area contributed by atoms with Crippen LogP contribution in [0.25, 0.3) is 0 Å². The van der Waals surface area contributed by atoms with Crippen molar-refractivity contribution in [3.63, 3.8) is 0 Å². The van der Waals surface area contributed by atoms with E-state index in [4.69, 9.17) is 18.6 Å². The normalized spacial score (nSPS) is 14.1. The highest BCUT2D eigenvalue weighted by atomic mass is 28.4. The molecule has 0 saturated carbocycles. The molecule has 0 aliphatic heterocycles. The third-order valence-corrected chi connectivity index (χ3v) is 12.4. The Morgan fingerprint density at radius 3 is 2.00 bits per heavy atom. The fraction of sp³-hybridized carbons (Fsp3) is 0.654. The van der Waals surface area contributed by atoms with Crippen molar-refractivity contribution in [2.75, 3.05) is 20.5 Å². The summed E-state index contributed by atoms with van der Waals surface area (Å²) in [5.41, 5.74) is 2.36. The fourth-order valence-electron chi connectivity index (χ4n) is 4.73. The number of Topliss-reactive ketones (excluding diaryl/α,β-unsaturated/α-hetero) is 1. The molecule has 0 saturated heterocycles. The molecule has 0 aliphatic rings. The highest BCUT2D eigenvalue weighted by Gasteiger charge is 2.47. The van der Waals surface area contributed by atoms with E-state index in [9.17, 15) is 4.79 Å². The smallest absolute Gasteiger partial charge is 0.200 e. The van der Waals surface area contributed by atoms with E-state index >= 15 is 0 Å². The van der Waals surface area contributed by atoms with Crippen LogP contribution in [0.15, 0.2) is 36.9 Å². The van der Waals surface area contributed by atoms with Crippen molar-refractivity contribution in [2.24, 2.45) is 5.92 Å². The van der Waals surface area contributed by atoms with E-state index in [1.807, 2.05) is 30.3 Å². The van der Waals surface area contributed by atoms with Gasteiger partial charge in [-0.15, -0.1) is 6.58 Å². The minimum atomic E-state index is -2.14. The largest absolute Gasteiger partial charge is 0.497 e. The van der Waals surface area contributed by atoms with Crippen LogP contribution >= 0.6 is 0 Å². The Morgan fingerprint density at radius 2 is 1.56 bits per heavy atom. The van der Waals surface area contributed by atoms with Gasteiger partial charge in [0.15, 0.2) is 0 Å². The zero-order chi connectivity index (χ0) is 24.3. The van der Waals surface area contributed by atoms with Crippen molar-refractivity contribution in [3.8, 4) is 5.75 Å². The first-order valence-electron chi connectivity index (χ1n) is 11.7. The molecule has 1 aromatic carbocycles. The SMILES string of the molecule is C=CC[C@@H](O[Si](C(C)C)(C(C)C)C(C)C)[C@@H](COCOCc1ccc(OC)cc1)C(C)=O. The van der Waals surface area contributed by atoms with E-state index in [0.717, 1.165) is 11.3 Å². The second-order valence-electron chi connectivity index (χ2n) is 9.40. The summed E-state index contributed by atoms with van der Waals surface area (Å²) in [7, 11) is -0.497. The van der Waals surface area contributed by atoms with Crippen LogP contribution in [0, 0.1) is 5.92 Å². The Kier molecular flexibility index (Phi) is 12.4. The number of rotatable bonds is 16. The molecule has 0 unspecified atom stereocenters. The lowest BCUT2D eigenvalue weighted by Gasteiger charge is -2.45. The van der Waals surface area contributed by atoms with E-state index < -0.39 is 8.32 Å². The predicted molar refractivity (Wildman–Crippen MR) is 134 cm³/mol. The molecule has 0 N–H and O–H groups in total. The molecule has 0 bridgehead atoms. The average molecular weight is 465 g/mol. The van der Waals surface area contributed by atoms with Crippen LogP contribution < -0.4 is 4.74 Å². The second kappa shape index (κ2) is 13.9. The average Bonchev–Trinajstić information content (AvgIpc) is 2.73. The van der Waals surface area contributed by atoms with Crippen LogP contribution in [-0.4, -0.2) is 40.7 Å². The first-order chi connectivity index (χ1) is 15.1. The van der Waals surface area contributed by atoms with Crippen LogP contribution in [0.2, 0.25) is 16.6 Å². The summed E-state index contributed by atoms with van der Waals surface area (Å²) >= 11 is 0. The molecule has 0 spiro atoms. The number of carbonyl (C=O) groups is 1. The van der Waals surface area contributed by atoms with E-state index in [1.54, 1.807) is 14.0 Å². The Balaban J connectivity index is 2.79. The molecule has 1 rings (SSSR count). The maximum Gasteiger partial charge on any atom is 0.200 e. The summed E-state index contributed by atoms with van der Waals surface area (Å²) in [5.74, 6) is 0.540. The maximum absolute atomic E-state index is 12.6. The van der Waals surface area contributed by atoms with Gasteiger partial charge in [-0.05, 0) is 47.7 Å². The molecule has 182 valence electrons. The quantitative estimate of drug-likeness (QED) is 0.120. The van der Waals surface area contributed by atoms with Crippen LogP contribution in [0.5, 0.6) is 5.75 Å². The van der Waals surface area contributed by atoms with Gasteiger partial charge >= 0.3 is 0 Å². The molecule has 0 aliphatic carbocycles. The van der Waals surface area contributed by atoms with E-state index in [0.29, 0.717) is 29.7 Å². The highest BCUT2D eigenvalue weighted by Crippen LogP contribution is 2.44. The molecule has 32 heavy (non-hydrogen) atoms. The van der Waals surface area contributed by atoms with Gasteiger partial charge < -0.3 is 18.6 Å². The summed E-state index contributed by atoms with van der Waals surface area (Å²) in [6, 6.07) is 7.71. The Hall–Kier alpha value is -1.47. The first kappa shape index (κ1) is 28.6. The van der Waals surface area contributed by atoms with Crippen molar-refractivity contribution in [3.05, 3.63) is 42.5 Å². The molecule has 1 aromatic rings. The van der Waals surface area contributed by atoms with E-state index in [-0.39, 0.29) is 31.2 Å². The van der Waals surface area contributed by atoms with Gasteiger partial charge in [-0.25, -0.2) is 0 Å². The van der Waals surface area contributed by atoms with Crippen LogP contribution in [0.3, 0.4) is 0 Å². The highest BCUT2D eigenvalue weighted by molar-refractivity contribution is 6.77. The van der Waals surface area contributed by atoms with Gasteiger partial charge in [0.25, 0.3) is 0 Å². The molecule has 0 heterocycles. The van der Waals surface area contributed by atoms with Crippen molar-refractivity contribution < 1.29 is 23.4 Å².